The lowest BCUT2D eigenvalue weighted by atomic mass is 10.1. The van der Waals surface area contributed by atoms with Gasteiger partial charge in [-0.05, 0) is 31.2 Å². The summed E-state index contributed by atoms with van der Waals surface area (Å²) in [4.78, 5) is 3.90. The van der Waals surface area contributed by atoms with E-state index in [-0.39, 0.29) is 15.3 Å². The number of hydrogen-bond acceptors (Lipinski definition) is 5. The maximum atomic E-state index is 12.2. The van der Waals surface area contributed by atoms with E-state index in [1.807, 2.05) is 12.3 Å². The summed E-state index contributed by atoms with van der Waals surface area (Å²) in [5.74, 6) is 0. The molecule has 0 aliphatic heterocycles. The van der Waals surface area contributed by atoms with Crippen molar-refractivity contribution in [2.45, 2.75) is 35.3 Å². The van der Waals surface area contributed by atoms with Gasteiger partial charge in [0.05, 0.1) is 0 Å². The average Bonchev–Trinajstić information content (AvgIpc) is 2.95. The number of thioether (sulfide) groups is 1. The highest BCUT2D eigenvalue weighted by Gasteiger charge is 2.34. The van der Waals surface area contributed by atoms with Gasteiger partial charge in [0.25, 0.3) is 0 Å². The van der Waals surface area contributed by atoms with Crippen LogP contribution in [-0.4, -0.2) is 30.9 Å². The molecule has 7 heteroatoms. The van der Waals surface area contributed by atoms with Crippen molar-refractivity contribution in [3.05, 3.63) is 24.0 Å². The topological polar surface area (TPSA) is 82.9 Å². The second kappa shape index (κ2) is 6.12. The number of sulfonamides is 1. The lowest BCUT2D eigenvalue weighted by Crippen LogP contribution is -2.38. The molecule has 0 aromatic carbocycles. The zero-order valence-corrected chi connectivity index (χ0v) is 12.9. The van der Waals surface area contributed by atoms with Crippen LogP contribution >= 0.6 is 11.8 Å². The SMILES string of the molecule is CSC1(CNS(=O)(=O)c2ccc(C#N)nc2)CCCC1. The Kier molecular flexibility index (Phi) is 4.68. The van der Waals surface area contributed by atoms with Gasteiger partial charge in [0.15, 0.2) is 0 Å². The second-order valence-corrected chi connectivity index (χ2v) is 7.95. The van der Waals surface area contributed by atoms with Gasteiger partial charge in [-0.2, -0.15) is 17.0 Å². The Balaban J connectivity index is 2.09. The number of nitrogens with one attached hydrogen (secondary N) is 1. The minimum atomic E-state index is -3.56. The summed E-state index contributed by atoms with van der Waals surface area (Å²) in [7, 11) is -3.56. The van der Waals surface area contributed by atoms with Crippen molar-refractivity contribution < 1.29 is 8.42 Å². The first kappa shape index (κ1) is 15.3. The minimum absolute atomic E-state index is 0.0209. The molecule has 108 valence electrons. The third kappa shape index (κ3) is 3.32. The molecule has 0 saturated heterocycles. The van der Waals surface area contributed by atoms with Crippen molar-refractivity contribution >= 4 is 21.8 Å². The fourth-order valence-electron chi connectivity index (χ4n) is 2.39. The molecule has 0 amide bonds. The zero-order valence-electron chi connectivity index (χ0n) is 11.3. The molecular weight excluding hydrogens is 294 g/mol. The zero-order chi connectivity index (χ0) is 14.6. The number of rotatable bonds is 5. The van der Waals surface area contributed by atoms with Crippen molar-refractivity contribution in [1.82, 2.24) is 9.71 Å². The standard InChI is InChI=1S/C13H17N3O2S2/c1-19-13(6-2-3-7-13)10-16-20(17,18)12-5-4-11(8-14)15-9-12/h4-5,9,16H,2-3,6-7,10H2,1H3. The van der Waals surface area contributed by atoms with Gasteiger partial charge in [-0.3, -0.25) is 0 Å². The van der Waals surface area contributed by atoms with Crippen LogP contribution in [0.15, 0.2) is 23.2 Å². The van der Waals surface area contributed by atoms with Crippen LogP contribution in [0.2, 0.25) is 0 Å². The van der Waals surface area contributed by atoms with E-state index < -0.39 is 10.0 Å². The fourth-order valence-corrected chi connectivity index (χ4v) is 4.46. The van der Waals surface area contributed by atoms with Gasteiger partial charge in [0, 0.05) is 17.5 Å². The van der Waals surface area contributed by atoms with E-state index in [0.29, 0.717) is 6.54 Å². The molecule has 1 N–H and O–H groups in total. The molecule has 1 saturated carbocycles. The molecule has 0 bridgehead atoms. The molecular formula is C13H17N3O2S2. The number of hydrogen-bond donors (Lipinski definition) is 1. The second-order valence-electron chi connectivity index (χ2n) is 4.91. The highest BCUT2D eigenvalue weighted by atomic mass is 32.2. The number of aromatic nitrogens is 1. The predicted molar refractivity (Wildman–Crippen MR) is 78.9 cm³/mol. The van der Waals surface area contributed by atoms with Crippen molar-refractivity contribution in [3.63, 3.8) is 0 Å². The lowest BCUT2D eigenvalue weighted by molar-refractivity contribution is 0.551. The van der Waals surface area contributed by atoms with Crippen LogP contribution in [0, 0.1) is 11.3 Å². The molecule has 1 fully saturated rings. The Morgan fingerprint density at radius 3 is 2.65 bits per heavy atom. The van der Waals surface area contributed by atoms with Crippen molar-refractivity contribution in [2.24, 2.45) is 0 Å². The van der Waals surface area contributed by atoms with Gasteiger partial charge < -0.3 is 0 Å². The van der Waals surface area contributed by atoms with E-state index in [4.69, 9.17) is 5.26 Å². The summed E-state index contributed by atoms with van der Waals surface area (Å²) in [5, 5.41) is 8.66. The molecule has 1 heterocycles. The summed E-state index contributed by atoms with van der Waals surface area (Å²) in [5.41, 5.74) is 0.209. The van der Waals surface area contributed by atoms with Crippen LogP contribution in [-0.2, 0) is 10.0 Å². The van der Waals surface area contributed by atoms with Gasteiger partial charge in [0.2, 0.25) is 10.0 Å². The number of nitriles is 1. The van der Waals surface area contributed by atoms with E-state index in [1.54, 1.807) is 11.8 Å². The Morgan fingerprint density at radius 2 is 2.15 bits per heavy atom. The Bertz CT molecular complexity index is 599. The van der Waals surface area contributed by atoms with Crippen LogP contribution < -0.4 is 4.72 Å². The van der Waals surface area contributed by atoms with Gasteiger partial charge in [-0.15, -0.1) is 0 Å². The molecule has 5 nitrogen and oxygen atoms in total. The lowest BCUT2D eigenvalue weighted by Gasteiger charge is -2.26. The molecule has 1 aliphatic rings. The summed E-state index contributed by atoms with van der Waals surface area (Å²) < 4.78 is 27.1. The van der Waals surface area contributed by atoms with Crippen molar-refractivity contribution in [3.8, 4) is 6.07 Å². The maximum Gasteiger partial charge on any atom is 0.242 e. The minimum Gasteiger partial charge on any atom is -0.244 e. The Hall–Kier alpha value is -1.10. The third-order valence-electron chi connectivity index (χ3n) is 3.69. The van der Waals surface area contributed by atoms with E-state index in [9.17, 15) is 8.42 Å². The van der Waals surface area contributed by atoms with Crippen molar-refractivity contribution in [2.75, 3.05) is 12.8 Å². The molecule has 0 unspecified atom stereocenters. The van der Waals surface area contributed by atoms with Gasteiger partial charge in [0.1, 0.15) is 16.7 Å². The highest BCUT2D eigenvalue weighted by Crippen LogP contribution is 2.39. The van der Waals surface area contributed by atoms with Crippen LogP contribution in [0.1, 0.15) is 31.4 Å². The molecule has 1 aliphatic carbocycles. The van der Waals surface area contributed by atoms with Crippen LogP contribution in [0.4, 0.5) is 0 Å². The van der Waals surface area contributed by atoms with Crippen molar-refractivity contribution in [1.29, 1.82) is 5.26 Å². The molecule has 0 radical (unpaired) electrons. The first-order chi connectivity index (χ1) is 9.51. The quantitative estimate of drug-likeness (QED) is 0.898. The van der Waals surface area contributed by atoms with Crippen LogP contribution in [0.3, 0.4) is 0 Å². The summed E-state index contributed by atoms with van der Waals surface area (Å²) in [6.07, 6.45) is 7.65. The van der Waals surface area contributed by atoms with Gasteiger partial charge >= 0.3 is 0 Å². The molecule has 1 aromatic heterocycles. The predicted octanol–water partition coefficient (Wildman–Crippen LogP) is 1.91. The molecule has 2 rings (SSSR count). The summed E-state index contributed by atoms with van der Waals surface area (Å²) >= 11 is 1.74. The Morgan fingerprint density at radius 1 is 1.45 bits per heavy atom. The first-order valence-electron chi connectivity index (χ1n) is 6.42. The Labute approximate surface area is 123 Å². The van der Waals surface area contributed by atoms with E-state index >= 15 is 0 Å². The van der Waals surface area contributed by atoms with E-state index in [1.165, 1.54) is 18.3 Å². The number of pyridine rings is 1. The molecule has 0 atom stereocenters. The average molecular weight is 311 g/mol. The van der Waals surface area contributed by atoms with Crippen LogP contribution in [0.25, 0.3) is 0 Å². The third-order valence-corrected chi connectivity index (χ3v) is 6.50. The summed E-state index contributed by atoms with van der Waals surface area (Å²) in [6, 6.07) is 4.69. The molecule has 0 spiro atoms. The molecule has 1 aromatic rings. The highest BCUT2D eigenvalue weighted by molar-refractivity contribution is 8.00. The largest absolute Gasteiger partial charge is 0.244 e. The first-order valence-corrected chi connectivity index (χ1v) is 9.13. The smallest absolute Gasteiger partial charge is 0.242 e. The van der Waals surface area contributed by atoms with E-state index in [0.717, 1.165) is 25.7 Å². The molecule has 20 heavy (non-hydrogen) atoms. The monoisotopic (exact) mass is 311 g/mol. The van der Waals surface area contributed by atoms with Crippen LogP contribution in [0.5, 0.6) is 0 Å². The summed E-state index contributed by atoms with van der Waals surface area (Å²) in [6.45, 7) is 0.441. The van der Waals surface area contributed by atoms with E-state index in [2.05, 4.69) is 9.71 Å². The van der Waals surface area contributed by atoms with Gasteiger partial charge in [-0.1, -0.05) is 12.8 Å². The number of nitrogens with zero attached hydrogens (tertiary/aromatic N) is 2. The fraction of sp³-hybridized carbons (Fsp3) is 0.538. The maximum absolute atomic E-state index is 12.2. The van der Waals surface area contributed by atoms with Gasteiger partial charge in [-0.25, -0.2) is 18.1 Å². The normalized spacial score (nSPS) is 17.8.